The smallest absolute Gasteiger partial charge is 0.319 e. The Kier molecular flexibility index (Phi) is 8.55. The average Bonchev–Trinajstić information content (AvgIpc) is 2.79. The Balaban J connectivity index is 2.07. The highest BCUT2D eigenvalue weighted by atomic mass is 35.5. The van der Waals surface area contributed by atoms with Crippen LogP contribution in [0.25, 0.3) is 0 Å². The van der Waals surface area contributed by atoms with Gasteiger partial charge in [-0.2, -0.15) is 5.26 Å². The van der Waals surface area contributed by atoms with Crippen LogP contribution in [0.4, 0.5) is 0 Å². The number of hydrogen-bond acceptors (Lipinski definition) is 6. The maximum absolute atomic E-state index is 13.0. The van der Waals surface area contributed by atoms with Gasteiger partial charge in [0.2, 0.25) is 5.91 Å². The number of carbonyl (C=O) groups excluding carboxylic acids is 2. The number of ether oxygens (including phenoxy) is 2. The van der Waals surface area contributed by atoms with Crippen molar-refractivity contribution in [2.75, 3.05) is 13.7 Å². The van der Waals surface area contributed by atoms with Crippen LogP contribution in [-0.2, 0) is 20.1 Å². The molecule has 0 spiro atoms. The van der Waals surface area contributed by atoms with Crippen LogP contribution in [0, 0.1) is 17.2 Å². The van der Waals surface area contributed by atoms with E-state index in [0.717, 1.165) is 5.56 Å². The van der Waals surface area contributed by atoms with Crippen molar-refractivity contribution in [2.45, 2.75) is 18.6 Å². The van der Waals surface area contributed by atoms with Gasteiger partial charge in [0.1, 0.15) is 5.92 Å². The summed E-state index contributed by atoms with van der Waals surface area (Å²) in [5.41, 5.74) is 1.59. The van der Waals surface area contributed by atoms with Gasteiger partial charge in [0.25, 0.3) is 0 Å². The SMILES string of the molecule is CCOc1c(Cl)cc([C@H]2C(C#N)=C(SCc3ccc(Cl)cc3)NC(=O)[C@H]2C(=O)OC)cc1Cl. The van der Waals surface area contributed by atoms with Crippen molar-refractivity contribution in [1.82, 2.24) is 5.32 Å². The summed E-state index contributed by atoms with van der Waals surface area (Å²) in [5.74, 6) is -2.81. The zero-order valence-corrected chi connectivity index (χ0v) is 20.7. The highest BCUT2D eigenvalue weighted by molar-refractivity contribution is 8.02. The van der Waals surface area contributed by atoms with Gasteiger partial charge in [0.15, 0.2) is 5.75 Å². The highest BCUT2D eigenvalue weighted by Gasteiger charge is 2.44. The molecule has 172 valence electrons. The topological polar surface area (TPSA) is 88.4 Å². The molecule has 2 aromatic rings. The first-order valence-corrected chi connectivity index (χ1v) is 11.9. The van der Waals surface area contributed by atoms with E-state index in [9.17, 15) is 14.9 Å². The van der Waals surface area contributed by atoms with Crippen molar-refractivity contribution in [2.24, 2.45) is 5.92 Å². The molecule has 1 heterocycles. The maximum Gasteiger partial charge on any atom is 0.319 e. The molecule has 0 aromatic heterocycles. The molecule has 10 heteroatoms. The first kappa shape index (κ1) is 25.3. The molecule has 0 bridgehead atoms. The molecular formula is C23H19Cl3N2O4S. The van der Waals surface area contributed by atoms with E-state index in [1.165, 1.54) is 18.9 Å². The lowest BCUT2D eigenvalue weighted by Gasteiger charge is -2.31. The Morgan fingerprint density at radius 1 is 1.18 bits per heavy atom. The Morgan fingerprint density at radius 3 is 2.36 bits per heavy atom. The molecule has 0 aliphatic carbocycles. The first-order valence-electron chi connectivity index (χ1n) is 9.82. The fourth-order valence-corrected chi connectivity index (χ4v) is 5.20. The summed E-state index contributed by atoms with van der Waals surface area (Å²) in [6, 6.07) is 12.5. The van der Waals surface area contributed by atoms with Gasteiger partial charge < -0.3 is 14.8 Å². The summed E-state index contributed by atoms with van der Waals surface area (Å²) >= 11 is 19.9. The number of esters is 1. The second-order valence-corrected chi connectivity index (χ2v) is 9.22. The minimum absolute atomic E-state index is 0.209. The van der Waals surface area contributed by atoms with E-state index in [1.807, 2.05) is 12.1 Å². The molecule has 33 heavy (non-hydrogen) atoms. The molecule has 1 aliphatic rings. The van der Waals surface area contributed by atoms with Crippen LogP contribution >= 0.6 is 46.6 Å². The summed E-state index contributed by atoms with van der Waals surface area (Å²) in [4.78, 5) is 25.5. The van der Waals surface area contributed by atoms with Gasteiger partial charge in [-0.15, -0.1) is 11.8 Å². The lowest BCUT2D eigenvalue weighted by molar-refractivity contribution is -0.150. The molecule has 0 radical (unpaired) electrons. The van der Waals surface area contributed by atoms with Crippen molar-refractivity contribution in [3.8, 4) is 11.8 Å². The third kappa shape index (κ3) is 5.59. The molecule has 0 fully saturated rings. The number of thioether (sulfide) groups is 1. The molecule has 1 amide bonds. The number of carbonyl (C=O) groups is 2. The molecule has 0 saturated heterocycles. The largest absolute Gasteiger partial charge is 0.491 e. The van der Waals surface area contributed by atoms with Gasteiger partial charge in [-0.05, 0) is 42.3 Å². The maximum atomic E-state index is 13.0. The minimum Gasteiger partial charge on any atom is -0.491 e. The third-order valence-corrected chi connectivity index (χ3v) is 6.85. The number of hydrogen-bond donors (Lipinski definition) is 1. The molecule has 3 rings (SSSR count). The molecule has 1 N–H and O–H groups in total. The van der Waals surface area contributed by atoms with Gasteiger partial charge in [-0.1, -0.05) is 46.9 Å². The van der Waals surface area contributed by atoms with E-state index >= 15 is 0 Å². The number of benzene rings is 2. The Hall–Kier alpha value is -2.37. The minimum atomic E-state index is -1.28. The van der Waals surface area contributed by atoms with Crippen LogP contribution in [0.2, 0.25) is 15.1 Å². The average molecular weight is 526 g/mol. The number of nitrogens with zero attached hydrogens (tertiary/aromatic N) is 1. The Morgan fingerprint density at radius 2 is 1.82 bits per heavy atom. The van der Waals surface area contributed by atoms with E-state index in [0.29, 0.717) is 33.7 Å². The highest BCUT2D eigenvalue weighted by Crippen LogP contribution is 2.44. The predicted molar refractivity (Wildman–Crippen MR) is 129 cm³/mol. The summed E-state index contributed by atoms with van der Waals surface area (Å²) < 4.78 is 10.3. The van der Waals surface area contributed by atoms with Crippen LogP contribution in [-0.4, -0.2) is 25.6 Å². The number of halogens is 3. The van der Waals surface area contributed by atoms with E-state index in [-0.39, 0.29) is 15.6 Å². The van der Waals surface area contributed by atoms with E-state index in [1.54, 1.807) is 31.2 Å². The molecule has 1 aliphatic heterocycles. The molecule has 2 aromatic carbocycles. The molecule has 2 atom stereocenters. The number of methoxy groups -OCH3 is 1. The summed E-state index contributed by atoms with van der Waals surface area (Å²) in [6.07, 6.45) is 0. The monoisotopic (exact) mass is 524 g/mol. The number of nitriles is 1. The van der Waals surface area contributed by atoms with Crippen molar-refractivity contribution >= 4 is 58.4 Å². The standard InChI is InChI=1S/C23H19Cl3N2O4S/c1-3-32-20-16(25)8-13(9-17(20)26)18-15(10-27)22(28-21(29)19(18)23(30)31-2)33-11-12-4-6-14(24)7-5-12/h4-9,18-19H,3,11H2,1-2H3,(H,28,29)/t18-,19-/m0/s1. The fourth-order valence-electron chi connectivity index (χ4n) is 3.46. The lowest BCUT2D eigenvalue weighted by Crippen LogP contribution is -2.44. The Bertz CT molecular complexity index is 1120. The zero-order chi connectivity index (χ0) is 24.1. The normalized spacial score (nSPS) is 17.9. The van der Waals surface area contributed by atoms with Crippen LogP contribution in [0.5, 0.6) is 5.75 Å². The second kappa shape index (κ2) is 11.2. The predicted octanol–water partition coefficient (Wildman–Crippen LogP) is 5.72. The molecule has 0 unspecified atom stereocenters. The summed E-state index contributed by atoms with van der Waals surface area (Å²) in [7, 11) is 1.19. The van der Waals surface area contributed by atoms with Crippen molar-refractivity contribution in [1.29, 1.82) is 5.26 Å². The molecule has 6 nitrogen and oxygen atoms in total. The van der Waals surface area contributed by atoms with Crippen LogP contribution in [0.1, 0.15) is 24.0 Å². The summed E-state index contributed by atoms with van der Waals surface area (Å²) in [6.45, 7) is 2.14. The van der Waals surface area contributed by atoms with Crippen LogP contribution < -0.4 is 10.1 Å². The number of nitrogens with one attached hydrogen (secondary N) is 1. The van der Waals surface area contributed by atoms with Gasteiger partial charge in [-0.25, -0.2) is 0 Å². The number of rotatable bonds is 7. The van der Waals surface area contributed by atoms with Gasteiger partial charge >= 0.3 is 5.97 Å². The molecule has 0 saturated carbocycles. The van der Waals surface area contributed by atoms with Crippen molar-refractivity contribution in [3.63, 3.8) is 0 Å². The third-order valence-electron chi connectivity index (χ3n) is 4.95. The van der Waals surface area contributed by atoms with Gasteiger partial charge in [-0.3, -0.25) is 9.59 Å². The van der Waals surface area contributed by atoms with Gasteiger partial charge in [0.05, 0.1) is 40.4 Å². The zero-order valence-electron chi connectivity index (χ0n) is 17.7. The van der Waals surface area contributed by atoms with Crippen molar-refractivity contribution in [3.05, 3.63) is 73.2 Å². The fraction of sp³-hybridized carbons (Fsp3) is 0.261. The van der Waals surface area contributed by atoms with Crippen LogP contribution in [0.3, 0.4) is 0 Å². The Labute approximate surface area is 210 Å². The van der Waals surface area contributed by atoms with E-state index < -0.39 is 23.7 Å². The summed E-state index contributed by atoms with van der Waals surface area (Å²) in [5, 5.41) is 14.1. The quantitative estimate of drug-likeness (QED) is 0.368. The molecular weight excluding hydrogens is 507 g/mol. The van der Waals surface area contributed by atoms with E-state index in [4.69, 9.17) is 44.3 Å². The first-order chi connectivity index (χ1) is 15.8. The number of allylic oxidation sites excluding steroid dienone is 1. The van der Waals surface area contributed by atoms with Crippen LogP contribution in [0.15, 0.2) is 47.0 Å². The van der Waals surface area contributed by atoms with E-state index in [2.05, 4.69) is 11.4 Å². The number of amides is 1. The van der Waals surface area contributed by atoms with Crippen molar-refractivity contribution < 1.29 is 19.1 Å². The van der Waals surface area contributed by atoms with Gasteiger partial charge in [0, 0.05) is 16.7 Å². The second-order valence-electron chi connectivity index (χ2n) is 6.98. The lowest BCUT2D eigenvalue weighted by atomic mass is 9.78.